The van der Waals surface area contributed by atoms with Crippen molar-refractivity contribution in [1.82, 2.24) is 14.8 Å². The normalized spacial score (nSPS) is 11.5. The summed E-state index contributed by atoms with van der Waals surface area (Å²) >= 11 is 0. The first-order valence-electron chi connectivity index (χ1n) is 9.90. The molecule has 1 aromatic heterocycles. The van der Waals surface area contributed by atoms with Crippen molar-refractivity contribution in [3.63, 3.8) is 0 Å². The van der Waals surface area contributed by atoms with Gasteiger partial charge >= 0.3 is 6.03 Å². The lowest BCUT2D eigenvalue weighted by Crippen LogP contribution is -2.43. The number of benzene rings is 2. The number of primary amides is 1. The summed E-state index contributed by atoms with van der Waals surface area (Å²) < 4.78 is 7.06. The number of hydrogen-bond donors (Lipinski definition) is 2. The Bertz CT molecular complexity index is 1110. The quantitative estimate of drug-likeness (QED) is 0.372. The molecule has 1 heterocycles. The largest absolute Gasteiger partial charge is 0.497 e. The molecule has 0 saturated heterocycles. The minimum absolute atomic E-state index is 0.120. The number of amides is 2. The van der Waals surface area contributed by atoms with Crippen LogP contribution >= 0.6 is 0 Å². The average molecular weight is 418 g/mol. The molecule has 0 aliphatic rings. The Morgan fingerprint density at radius 1 is 1.16 bits per heavy atom. The van der Waals surface area contributed by atoms with Crippen molar-refractivity contribution in [2.75, 3.05) is 7.11 Å². The van der Waals surface area contributed by atoms with Crippen LogP contribution in [0, 0.1) is 24.7 Å². The van der Waals surface area contributed by atoms with Crippen LogP contribution in [0.2, 0.25) is 0 Å². The van der Waals surface area contributed by atoms with Gasteiger partial charge in [0.2, 0.25) is 0 Å². The molecule has 0 saturated carbocycles. The van der Waals surface area contributed by atoms with Crippen LogP contribution in [-0.2, 0) is 0 Å². The maximum atomic E-state index is 11.4. The summed E-state index contributed by atoms with van der Waals surface area (Å²) in [5.41, 5.74) is 9.58. The number of aryl methyl sites for hydroxylation is 1. The summed E-state index contributed by atoms with van der Waals surface area (Å²) in [4.78, 5) is 11.4. The number of ether oxygens (including phenoxy) is 1. The predicted molar refractivity (Wildman–Crippen MR) is 119 cm³/mol. The van der Waals surface area contributed by atoms with Gasteiger partial charge in [-0.2, -0.15) is 10.2 Å². The van der Waals surface area contributed by atoms with E-state index >= 15 is 0 Å². The van der Waals surface area contributed by atoms with E-state index in [2.05, 4.69) is 16.9 Å². The van der Waals surface area contributed by atoms with Gasteiger partial charge in [0, 0.05) is 11.6 Å². The molecule has 7 nitrogen and oxygen atoms in total. The van der Waals surface area contributed by atoms with Gasteiger partial charge in [-0.3, -0.25) is 5.21 Å². The fourth-order valence-corrected chi connectivity index (χ4v) is 3.09. The van der Waals surface area contributed by atoms with Gasteiger partial charge in [0.25, 0.3) is 0 Å². The van der Waals surface area contributed by atoms with Crippen LogP contribution in [0.5, 0.6) is 5.75 Å². The fraction of sp³-hybridized carbons (Fsp3) is 0.250. The van der Waals surface area contributed by atoms with E-state index in [0.717, 1.165) is 28.3 Å². The summed E-state index contributed by atoms with van der Waals surface area (Å²) in [6, 6.07) is 15.9. The van der Waals surface area contributed by atoms with Crippen LogP contribution in [-0.4, -0.2) is 39.2 Å². The molecule has 31 heavy (non-hydrogen) atoms. The van der Waals surface area contributed by atoms with Crippen molar-refractivity contribution in [2.45, 2.75) is 26.8 Å². The van der Waals surface area contributed by atoms with Gasteiger partial charge in [0.05, 0.1) is 18.5 Å². The van der Waals surface area contributed by atoms with Crippen LogP contribution in [0.4, 0.5) is 4.79 Å². The zero-order valence-corrected chi connectivity index (χ0v) is 18.0. The molecule has 2 aromatic carbocycles. The van der Waals surface area contributed by atoms with Crippen LogP contribution in [0.15, 0.2) is 54.6 Å². The minimum atomic E-state index is -0.947. The van der Waals surface area contributed by atoms with Gasteiger partial charge in [-0.25, -0.2) is 9.48 Å². The zero-order valence-electron chi connectivity index (χ0n) is 18.0. The standard InChI is InChI=1S/C24H26N4O3/c1-16(2)22(28(30)24(25)29)14-9-19-15-23(18-7-5-17(3)6-8-18)27(26-19)20-10-12-21(31-4)13-11-20/h5-8,10-13,15-16,22,30H,1-4H3,(H2,25,29). The molecule has 3 rings (SSSR count). The first-order chi connectivity index (χ1) is 14.8. The minimum Gasteiger partial charge on any atom is -0.497 e. The SMILES string of the molecule is COc1ccc(-n2nc(C#CC(C(C)C)N(O)C(N)=O)cc2-c2ccc(C)cc2)cc1. The van der Waals surface area contributed by atoms with Crippen molar-refractivity contribution in [1.29, 1.82) is 0 Å². The van der Waals surface area contributed by atoms with Crippen molar-refractivity contribution in [2.24, 2.45) is 11.7 Å². The number of urea groups is 1. The van der Waals surface area contributed by atoms with E-state index in [1.807, 2.05) is 80.1 Å². The summed E-state index contributed by atoms with van der Waals surface area (Å²) in [5.74, 6) is 6.53. The van der Waals surface area contributed by atoms with Crippen LogP contribution in [0.25, 0.3) is 16.9 Å². The van der Waals surface area contributed by atoms with Crippen molar-refractivity contribution in [3.05, 3.63) is 65.9 Å². The third kappa shape index (κ3) is 5.05. The summed E-state index contributed by atoms with van der Waals surface area (Å²) in [6.07, 6.45) is 0. The van der Waals surface area contributed by atoms with Gasteiger partial charge < -0.3 is 10.5 Å². The molecule has 2 amide bonds. The van der Waals surface area contributed by atoms with Crippen molar-refractivity contribution < 1.29 is 14.7 Å². The second-order valence-electron chi connectivity index (χ2n) is 7.53. The van der Waals surface area contributed by atoms with Crippen LogP contribution in [0.1, 0.15) is 25.1 Å². The monoisotopic (exact) mass is 418 g/mol. The van der Waals surface area contributed by atoms with Gasteiger partial charge in [-0.1, -0.05) is 49.6 Å². The van der Waals surface area contributed by atoms with Crippen LogP contribution < -0.4 is 10.5 Å². The Kier molecular flexibility index (Phi) is 6.63. The number of carbonyl (C=O) groups excluding carboxylic acids is 1. The van der Waals surface area contributed by atoms with E-state index in [9.17, 15) is 10.0 Å². The Balaban J connectivity index is 2.07. The number of methoxy groups -OCH3 is 1. The van der Waals surface area contributed by atoms with Crippen LogP contribution in [0.3, 0.4) is 0 Å². The van der Waals surface area contributed by atoms with Gasteiger partial charge in [0.1, 0.15) is 17.5 Å². The lowest BCUT2D eigenvalue weighted by atomic mass is 10.0. The molecule has 0 radical (unpaired) electrons. The molecule has 1 unspecified atom stereocenters. The van der Waals surface area contributed by atoms with Crippen molar-refractivity contribution in [3.8, 4) is 34.5 Å². The second kappa shape index (κ2) is 9.37. The summed E-state index contributed by atoms with van der Waals surface area (Å²) in [6.45, 7) is 5.73. The highest BCUT2D eigenvalue weighted by molar-refractivity contribution is 5.71. The number of nitrogens with zero attached hydrogens (tertiary/aromatic N) is 3. The summed E-state index contributed by atoms with van der Waals surface area (Å²) in [5, 5.41) is 15.1. The Morgan fingerprint density at radius 2 is 1.81 bits per heavy atom. The number of carbonyl (C=O) groups is 1. The highest BCUT2D eigenvalue weighted by atomic mass is 16.5. The smallest absolute Gasteiger partial charge is 0.339 e. The molecule has 0 spiro atoms. The molecule has 160 valence electrons. The van der Waals surface area contributed by atoms with E-state index < -0.39 is 12.1 Å². The maximum absolute atomic E-state index is 11.4. The Hall–Kier alpha value is -3.76. The Morgan fingerprint density at radius 3 is 2.35 bits per heavy atom. The summed E-state index contributed by atoms with van der Waals surface area (Å²) in [7, 11) is 1.62. The van der Waals surface area contributed by atoms with E-state index in [4.69, 9.17) is 10.5 Å². The molecular formula is C24H26N4O3. The van der Waals surface area contributed by atoms with Gasteiger partial charge in [-0.15, -0.1) is 0 Å². The number of aromatic nitrogens is 2. The second-order valence-corrected chi connectivity index (χ2v) is 7.53. The molecule has 0 fully saturated rings. The Labute approximate surface area is 182 Å². The van der Waals surface area contributed by atoms with E-state index in [0.29, 0.717) is 10.8 Å². The number of hydroxylamine groups is 2. The molecule has 0 aliphatic carbocycles. The molecule has 1 atom stereocenters. The third-order valence-electron chi connectivity index (χ3n) is 4.84. The molecule has 3 N–H and O–H groups in total. The number of hydrogen-bond acceptors (Lipinski definition) is 4. The average Bonchev–Trinajstić information content (AvgIpc) is 3.18. The van der Waals surface area contributed by atoms with E-state index in [1.54, 1.807) is 7.11 Å². The third-order valence-corrected chi connectivity index (χ3v) is 4.84. The molecule has 7 heteroatoms. The van der Waals surface area contributed by atoms with Crippen molar-refractivity contribution >= 4 is 6.03 Å². The van der Waals surface area contributed by atoms with E-state index in [-0.39, 0.29) is 5.92 Å². The lowest BCUT2D eigenvalue weighted by Gasteiger charge is -2.22. The first kappa shape index (κ1) is 21.9. The van der Waals surface area contributed by atoms with Gasteiger partial charge in [0.15, 0.2) is 0 Å². The molecular weight excluding hydrogens is 392 g/mol. The topological polar surface area (TPSA) is 93.6 Å². The van der Waals surface area contributed by atoms with E-state index in [1.165, 1.54) is 0 Å². The fourth-order valence-electron chi connectivity index (χ4n) is 3.09. The highest BCUT2D eigenvalue weighted by Crippen LogP contribution is 2.25. The molecule has 0 aliphatic heterocycles. The highest BCUT2D eigenvalue weighted by Gasteiger charge is 2.21. The zero-order chi connectivity index (χ0) is 22.5. The lowest BCUT2D eigenvalue weighted by molar-refractivity contribution is -0.0695. The molecule has 0 bridgehead atoms. The predicted octanol–water partition coefficient (Wildman–Crippen LogP) is 4.00. The number of nitrogens with two attached hydrogens (primary N) is 1. The van der Waals surface area contributed by atoms with Gasteiger partial charge in [-0.05, 0) is 43.0 Å². The first-order valence-corrected chi connectivity index (χ1v) is 9.90. The maximum Gasteiger partial charge on any atom is 0.339 e. The molecule has 3 aromatic rings. The number of rotatable bonds is 5.